The number of anilines is 2. The Morgan fingerprint density at radius 2 is 1.84 bits per heavy atom. The van der Waals surface area contributed by atoms with Gasteiger partial charge in [0.25, 0.3) is 0 Å². The first-order valence-corrected chi connectivity index (χ1v) is 8.30. The highest BCUT2D eigenvalue weighted by molar-refractivity contribution is 5.64. The summed E-state index contributed by atoms with van der Waals surface area (Å²) in [6.45, 7) is 2.29. The average molecular weight is 337 g/mol. The molecule has 0 amide bonds. The van der Waals surface area contributed by atoms with Crippen LogP contribution >= 0.6 is 0 Å². The molecular weight excluding hydrogens is 314 g/mol. The first kappa shape index (κ1) is 17.0. The average Bonchev–Trinajstić information content (AvgIpc) is 3.14. The van der Waals surface area contributed by atoms with Crippen LogP contribution in [0.4, 0.5) is 11.8 Å². The van der Waals surface area contributed by atoms with E-state index in [0.29, 0.717) is 12.5 Å². The summed E-state index contributed by atoms with van der Waals surface area (Å²) in [5.41, 5.74) is 1.94. The highest BCUT2D eigenvalue weighted by Gasteiger charge is 2.07. The van der Waals surface area contributed by atoms with Crippen molar-refractivity contribution in [3.05, 3.63) is 60.6 Å². The van der Waals surface area contributed by atoms with Gasteiger partial charge in [-0.1, -0.05) is 30.3 Å². The highest BCUT2D eigenvalue weighted by atomic mass is 16.3. The van der Waals surface area contributed by atoms with Crippen LogP contribution in [0.15, 0.2) is 59.2 Å². The van der Waals surface area contributed by atoms with E-state index >= 15 is 0 Å². The molecule has 0 bridgehead atoms. The van der Waals surface area contributed by atoms with E-state index < -0.39 is 0 Å². The van der Waals surface area contributed by atoms with Crippen LogP contribution in [0.2, 0.25) is 0 Å². The maximum atomic E-state index is 5.35. The molecule has 1 aromatic carbocycles. The number of furan rings is 1. The van der Waals surface area contributed by atoms with Crippen LogP contribution in [0, 0.1) is 0 Å². The Morgan fingerprint density at radius 1 is 1.00 bits per heavy atom. The molecule has 0 aliphatic carbocycles. The Hall–Kier alpha value is -2.86. The molecule has 0 saturated heterocycles. The van der Waals surface area contributed by atoms with Crippen LogP contribution in [-0.2, 0) is 6.54 Å². The maximum Gasteiger partial charge on any atom is 0.225 e. The summed E-state index contributed by atoms with van der Waals surface area (Å²) in [5.74, 6) is 2.22. The molecule has 0 unspecified atom stereocenters. The Balaban J connectivity index is 1.79. The molecule has 0 atom stereocenters. The van der Waals surface area contributed by atoms with Gasteiger partial charge in [-0.15, -0.1) is 0 Å². The molecule has 0 spiro atoms. The molecule has 0 radical (unpaired) electrons. The molecule has 3 rings (SSSR count). The SMILES string of the molecule is CN(C)CCNc1cc(-c2ccccc2)nc(NCc2ccco2)n1. The summed E-state index contributed by atoms with van der Waals surface area (Å²) in [7, 11) is 4.10. The van der Waals surface area contributed by atoms with Gasteiger partial charge in [-0.2, -0.15) is 4.98 Å². The Kier molecular flexibility index (Phi) is 5.64. The molecule has 0 aliphatic heterocycles. The molecule has 2 heterocycles. The summed E-state index contributed by atoms with van der Waals surface area (Å²) in [6.07, 6.45) is 1.66. The van der Waals surface area contributed by atoms with Crippen LogP contribution in [0.1, 0.15) is 5.76 Å². The molecule has 3 aromatic rings. The zero-order valence-corrected chi connectivity index (χ0v) is 14.6. The molecule has 130 valence electrons. The van der Waals surface area contributed by atoms with Crippen molar-refractivity contribution in [2.24, 2.45) is 0 Å². The van der Waals surface area contributed by atoms with E-state index in [2.05, 4.69) is 25.5 Å². The molecule has 0 aliphatic rings. The molecule has 0 saturated carbocycles. The minimum atomic E-state index is 0.544. The number of nitrogens with one attached hydrogen (secondary N) is 2. The monoisotopic (exact) mass is 337 g/mol. The minimum absolute atomic E-state index is 0.544. The number of aromatic nitrogens is 2. The number of hydrogen-bond donors (Lipinski definition) is 2. The van der Waals surface area contributed by atoms with Gasteiger partial charge in [-0.05, 0) is 26.2 Å². The highest BCUT2D eigenvalue weighted by Crippen LogP contribution is 2.21. The second-order valence-electron chi connectivity index (χ2n) is 5.99. The van der Waals surface area contributed by atoms with Gasteiger partial charge >= 0.3 is 0 Å². The predicted octanol–water partition coefficient (Wildman–Crippen LogP) is 3.32. The van der Waals surface area contributed by atoms with Crippen LogP contribution < -0.4 is 10.6 Å². The number of hydrogen-bond acceptors (Lipinski definition) is 6. The standard InChI is InChI=1S/C19H23N5O/c1-24(2)11-10-20-18-13-17(15-7-4-3-5-8-15)22-19(23-18)21-14-16-9-6-12-25-16/h3-9,12-13H,10-11,14H2,1-2H3,(H2,20,21,22,23). The van der Waals surface area contributed by atoms with E-state index in [9.17, 15) is 0 Å². The largest absolute Gasteiger partial charge is 0.467 e. The molecule has 2 aromatic heterocycles. The molecule has 0 fully saturated rings. The fourth-order valence-electron chi connectivity index (χ4n) is 2.36. The van der Waals surface area contributed by atoms with Crippen molar-refractivity contribution in [2.75, 3.05) is 37.8 Å². The number of likely N-dealkylation sites (N-methyl/N-ethyl adjacent to an activating group) is 1. The Morgan fingerprint density at radius 3 is 2.56 bits per heavy atom. The third-order valence-electron chi connectivity index (χ3n) is 3.66. The predicted molar refractivity (Wildman–Crippen MR) is 101 cm³/mol. The lowest BCUT2D eigenvalue weighted by molar-refractivity contribution is 0.425. The smallest absolute Gasteiger partial charge is 0.225 e. The van der Waals surface area contributed by atoms with Crippen LogP contribution in [0.5, 0.6) is 0 Å². The van der Waals surface area contributed by atoms with Crippen molar-refractivity contribution >= 4 is 11.8 Å². The summed E-state index contributed by atoms with van der Waals surface area (Å²) in [5, 5.41) is 6.59. The summed E-state index contributed by atoms with van der Waals surface area (Å²) in [6, 6.07) is 15.9. The van der Waals surface area contributed by atoms with Gasteiger partial charge in [0.05, 0.1) is 18.5 Å². The summed E-state index contributed by atoms with van der Waals surface area (Å²) >= 11 is 0. The van der Waals surface area contributed by atoms with Gasteiger partial charge in [0.2, 0.25) is 5.95 Å². The molecule has 2 N–H and O–H groups in total. The van der Waals surface area contributed by atoms with E-state index in [0.717, 1.165) is 35.9 Å². The number of nitrogens with zero attached hydrogens (tertiary/aromatic N) is 3. The van der Waals surface area contributed by atoms with E-state index in [-0.39, 0.29) is 0 Å². The zero-order valence-electron chi connectivity index (χ0n) is 14.6. The van der Waals surface area contributed by atoms with Crippen molar-refractivity contribution in [1.82, 2.24) is 14.9 Å². The van der Waals surface area contributed by atoms with E-state index in [1.165, 1.54) is 0 Å². The summed E-state index contributed by atoms with van der Waals surface area (Å²) in [4.78, 5) is 11.3. The van der Waals surface area contributed by atoms with E-state index in [4.69, 9.17) is 4.42 Å². The fraction of sp³-hybridized carbons (Fsp3) is 0.263. The van der Waals surface area contributed by atoms with Crippen LogP contribution in [0.3, 0.4) is 0 Å². The van der Waals surface area contributed by atoms with Gasteiger partial charge in [0.1, 0.15) is 11.6 Å². The second kappa shape index (κ2) is 8.30. The third-order valence-corrected chi connectivity index (χ3v) is 3.66. The lowest BCUT2D eigenvalue weighted by Gasteiger charge is -2.13. The van der Waals surface area contributed by atoms with Crippen molar-refractivity contribution in [3.63, 3.8) is 0 Å². The first-order valence-electron chi connectivity index (χ1n) is 8.30. The fourth-order valence-corrected chi connectivity index (χ4v) is 2.36. The minimum Gasteiger partial charge on any atom is -0.467 e. The van der Waals surface area contributed by atoms with Gasteiger partial charge in [0, 0.05) is 24.7 Å². The topological polar surface area (TPSA) is 66.2 Å². The van der Waals surface area contributed by atoms with Crippen molar-refractivity contribution in [1.29, 1.82) is 0 Å². The Bertz CT molecular complexity index is 772. The molecule has 6 nitrogen and oxygen atoms in total. The zero-order chi connectivity index (χ0) is 17.5. The maximum absolute atomic E-state index is 5.35. The third kappa shape index (κ3) is 5.06. The molecule has 6 heteroatoms. The van der Waals surface area contributed by atoms with Crippen LogP contribution in [0.25, 0.3) is 11.3 Å². The van der Waals surface area contributed by atoms with Crippen molar-refractivity contribution in [3.8, 4) is 11.3 Å². The normalized spacial score (nSPS) is 10.8. The molecule has 25 heavy (non-hydrogen) atoms. The molecular formula is C19H23N5O. The van der Waals surface area contributed by atoms with Gasteiger partial charge < -0.3 is 20.0 Å². The second-order valence-corrected chi connectivity index (χ2v) is 5.99. The van der Waals surface area contributed by atoms with Gasteiger partial charge in [-0.3, -0.25) is 0 Å². The van der Waals surface area contributed by atoms with Crippen molar-refractivity contribution in [2.45, 2.75) is 6.54 Å². The lowest BCUT2D eigenvalue weighted by atomic mass is 10.1. The lowest BCUT2D eigenvalue weighted by Crippen LogP contribution is -2.21. The number of benzene rings is 1. The number of rotatable bonds is 8. The van der Waals surface area contributed by atoms with E-state index in [1.807, 2.05) is 62.6 Å². The quantitative estimate of drug-likeness (QED) is 0.657. The van der Waals surface area contributed by atoms with Crippen molar-refractivity contribution < 1.29 is 4.42 Å². The van der Waals surface area contributed by atoms with Gasteiger partial charge in [-0.25, -0.2) is 4.98 Å². The van der Waals surface area contributed by atoms with Crippen LogP contribution in [-0.4, -0.2) is 42.1 Å². The first-order chi connectivity index (χ1) is 12.2. The van der Waals surface area contributed by atoms with E-state index in [1.54, 1.807) is 6.26 Å². The summed E-state index contributed by atoms with van der Waals surface area (Å²) < 4.78 is 5.35. The Labute approximate surface area is 147 Å². The van der Waals surface area contributed by atoms with Gasteiger partial charge in [0.15, 0.2) is 0 Å².